The highest BCUT2D eigenvalue weighted by molar-refractivity contribution is 5.89. The lowest BCUT2D eigenvalue weighted by molar-refractivity contribution is -0.137. The Morgan fingerprint density at radius 3 is 2.43 bits per heavy atom. The molecule has 126 valence electrons. The Morgan fingerprint density at radius 2 is 1.96 bits per heavy atom. The number of benzene rings is 1. The van der Waals surface area contributed by atoms with Crippen LogP contribution in [0, 0.1) is 16.7 Å². The van der Waals surface area contributed by atoms with Crippen LogP contribution in [0.5, 0.6) is 0 Å². The van der Waals surface area contributed by atoms with E-state index in [2.05, 4.69) is 10.6 Å². The number of urea groups is 1. The van der Waals surface area contributed by atoms with E-state index in [0.29, 0.717) is 6.07 Å². The lowest BCUT2D eigenvalue weighted by Crippen LogP contribution is -2.40. The fraction of sp³-hybridized carbons (Fsp3) is 0.467. The number of alkyl halides is 3. The van der Waals surface area contributed by atoms with Crippen LogP contribution < -0.4 is 10.6 Å². The van der Waals surface area contributed by atoms with Crippen LogP contribution in [0.3, 0.4) is 0 Å². The molecular weight excluding hydrogens is 311 g/mol. The molecule has 0 aliphatic rings. The third kappa shape index (κ3) is 5.45. The standard InChI is InChI=1S/C15H18F3N3O2/c1-14(2,3)12(22)8-20-13(23)21-10-5-4-9(7-19)11(6-10)15(16,17)18/h4-6,12,22H,8H2,1-3H3,(H2,20,21,23). The number of hydrogen-bond acceptors (Lipinski definition) is 3. The fourth-order valence-corrected chi connectivity index (χ4v) is 1.62. The zero-order valence-electron chi connectivity index (χ0n) is 13.0. The maximum atomic E-state index is 12.8. The SMILES string of the molecule is CC(C)(C)C(O)CNC(=O)Nc1ccc(C#N)c(C(F)(F)F)c1. The minimum absolute atomic E-state index is 0.0439. The highest BCUT2D eigenvalue weighted by Gasteiger charge is 2.34. The number of rotatable bonds is 3. The summed E-state index contributed by atoms with van der Waals surface area (Å²) in [5.41, 5.74) is -2.18. The zero-order chi connectivity index (χ0) is 17.8. The molecule has 0 fully saturated rings. The first-order valence-corrected chi connectivity index (χ1v) is 6.79. The van der Waals surface area contributed by atoms with Gasteiger partial charge in [-0.3, -0.25) is 0 Å². The van der Waals surface area contributed by atoms with E-state index in [1.807, 2.05) is 0 Å². The Bertz CT molecular complexity index is 616. The molecule has 3 N–H and O–H groups in total. The van der Waals surface area contributed by atoms with Gasteiger partial charge in [-0.1, -0.05) is 20.8 Å². The molecule has 2 amide bonds. The van der Waals surface area contributed by atoms with Gasteiger partial charge in [-0.25, -0.2) is 4.79 Å². The Kier molecular flexibility index (Phi) is 5.61. The summed E-state index contributed by atoms with van der Waals surface area (Å²) < 4.78 is 38.5. The summed E-state index contributed by atoms with van der Waals surface area (Å²) in [6.45, 7) is 5.31. The lowest BCUT2D eigenvalue weighted by Gasteiger charge is -2.25. The highest BCUT2D eigenvalue weighted by atomic mass is 19.4. The summed E-state index contributed by atoms with van der Waals surface area (Å²) in [5.74, 6) is 0. The predicted octanol–water partition coefficient (Wildman–Crippen LogP) is 3.11. The number of nitrogens with zero attached hydrogens (tertiary/aromatic N) is 1. The quantitative estimate of drug-likeness (QED) is 0.796. The maximum Gasteiger partial charge on any atom is 0.417 e. The van der Waals surface area contributed by atoms with Gasteiger partial charge < -0.3 is 15.7 Å². The normalized spacial score (nSPS) is 13.1. The van der Waals surface area contributed by atoms with Gasteiger partial charge in [0.1, 0.15) is 0 Å². The van der Waals surface area contributed by atoms with Crippen molar-refractivity contribution in [1.82, 2.24) is 5.32 Å². The van der Waals surface area contributed by atoms with Crippen LogP contribution in [-0.2, 0) is 6.18 Å². The predicted molar refractivity (Wildman–Crippen MR) is 78.6 cm³/mol. The third-order valence-electron chi connectivity index (χ3n) is 3.16. The summed E-state index contributed by atoms with van der Waals surface area (Å²) in [7, 11) is 0. The molecule has 0 aromatic heterocycles. The third-order valence-corrected chi connectivity index (χ3v) is 3.16. The van der Waals surface area contributed by atoms with E-state index in [0.717, 1.165) is 6.07 Å². The number of carbonyl (C=O) groups is 1. The molecule has 0 aliphatic carbocycles. The summed E-state index contributed by atoms with van der Waals surface area (Å²) >= 11 is 0. The first-order valence-electron chi connectivity index (χ1n) is 6.79. The Hall–Kier alpha value is -2.27. The minimum atomic E-state index is -4.69. The van der Waals surface area contributed by atoms with Gasteiger partial charge >= 0.3 is 12.2 Å². The number of hydrogen-bond donors (Lipinski definition) is 3. The number of nitriles is 1. The van der Waals surface area contributed by atoms with Crippen molar-refractivity contribution in [3.05, 3.63) is 29.3 Å². The Labute approximate surface area is 132 Å². The van der Waals surface area contributed by atoms with E-state index < -0.39 is 34.9 Å². The van der Waals surface area contributed by atoms with Crippen molar-refractivity contribution < 1.29 is 23.1 Å². The first-order chi connectivity index (χ1) is 10.4. The topological polar surface area (TPSA) is 85.2 Å². The van der Waals surface area contributed by atoms with E-state index in [4.69, 9.17) is 5.26 Å². The molecule has 1 atom stereocenters. The summed E-state index contributed by atoms with van der Waals surface area (Å²) in [6, 6.07) is 3.60. The van der Waals surface area contributed by atoms with Crippen molar-refractivity contribution in [3.8, 4) is 6.07 Å². The number of amides is 2. The molecule has 5 nitrogen and oxygen atoms in total. The Morgan fingerprint density at radius 1 is 1.35 bits per heavy atom. The fourth-order valence-electron chi connectivity index (χ4n) is 1.62. The second-order valence-corrected chi connectivity index (χ2v) is 6.09. The zero-order valence-corrected chi connectivity index (χ0v) is 13.0. The minimum Gasteiger partial charge on any atom is -0.391 e. The van der Waals surface area contributed by atoms with E-state index in [-0.39, 0.29) is 12.2 Å². The van der Waals surface area contributed by atoms with Crippen LogP contribution in [0.15, 0.2) is 18.2 Å². The molecular formula is C15H18F3N3O2. The van der Waals surface area contributed by atoms with Crippen molar-refractivity contribution in [2.45, 2.75) is 33.1 Å². The van der Waals surface area contributed by atoms with Gasteiger partial charge in [0.25, 0.3) is 0 Å². The monoisotopic (exact) mass is 329 g/mol. The van der Waals surface area contributed by atoms with Gasteiger partial charge in [-0.15, -0.1) is 0 Å². The first kappa shape index (κ1) is 18.8. The average molecular weight is 329 g/mol. The molecule has 1 rings (SSSR count). The Balaban J connectivity index is 2.79. The van der Waals surface area contributed by atoms with Gasteiger partial charge in [-0.05, 0) is 23.6 Å². The number of aliphatic hydroxyl groups excluding tert-OH is 1. The van der Waals surface area contributed by atoms with Crippen LogP contribution in [0.25, 0.3) is 0 Å². The molecule has 8 heteroatoms. The summed E-state index contributed by atoms with van der Waals surface area (Å²) in [6.07, 6.45) is -5.50. The van der Waals surface area contributed by atoms with Gasteiger partial charge in [0, 0.05) is 12.2 Å². The van der Waals surface area contributed by atoms with E-state index in [9.17, 15) is 23.1 Å². The molecule has 0 bridgehead atoms. The molecule has 0 saturated carbocycles. The smallest absolute Gasteiger partial charge is 0.391 e. The largest absolute Gasteiger partial charge is 0.417 e. The van der Waals surface area contributed by atoms with Gasteiger partial charge in [-0.2, -0.15) is 18.4 Å². The van der Waals surface area contributed by atoms with Crippen molar-refractivity contribution in [2.75, 3.05) is 11.9 Å². The van der Waals surface area contributed by atoms with Crippen molar-refractivity contribution in [2.24, 2.45) is 5.41 Å². The average Bonchev–Trinajstić information content (AvgIpc) is 2.42. The number of nitrogens with one attached hydrogen (secondary N) is 2. The lowest BCUT2D eigenvalue weighted by atomic mass is 9.89. The van der Waals surface area contributed by atoms with Crippen molar-refractivity contribution in [1.29, 1.82) is 5.26 Å². The number of aliphatic hydroxyl groups is 1. The van der Waals surface area contributed by atoms with Crippen LogP contribution >= 0.6 is 0 Å². The number of carbonyl (C=O) groups excluding carboxylic acids is 1. The van der Waals surface area contributed by atoms with Gasteiger partial charge in [0.15, 0.2) is 0 Å². The maximum absolute atomic E-state index is 12.8. The molecule has 1 aromatic carbocycles. The van der Waals surface area contributed by atoms with E-state index in [1.165, 1.54) is 12.1 Å². The molecule has 0 saturated heterocycles. The van der Waals surface area contributed by atoms with Crippen LogP contribution in [0.2, 0.25) is 0 Å². The molecule has 0 heterocycles. The van der Waals surface area contributed by atoms with Crippen molar-refractivity contribution >= 4 is 11.7 Å². The van der Waals surface area contributed by atoms with Crippen LogP contribution in [0.4, 0.5) is 23.7 Å². The number of halogens is 3. The summed E-state index contributed by atoms with van der Waals surface area (Å²) in [4.78, 5) is 11.7. The van der Waals surface area contributed by atoms with E-state index >= 15 is 0 Å². The molecule has 23 heavy (non-hydrogen) atoms. The summed E-state index contributed by atoms with van der Waals surface area (Å²) in [5, 5.41) is 23.1. The van der Waals surface area contributed by atoms with Crippen LogP contribution in [-0.4, -0.2) is 23.8 Å². The van der Waals surface area contributed by atoms with Gasteiger partial charge in [0.05, 0.1) is 23.3 Å². The molecule has 0 aliphatic heterocycles. The molecule has 0 radical (unpaired) electrons. The molecule has 0 spiro atoms. The number of anilines is 1. The second kappa shape index (κ2) is 6.87. The second-order valence-electron chi connectivity index (χ2n) is 6.09. The highest BCUT2D eigenvalue weighted by Crippen LogP contribution is 2.33. The van der Waals surface area contributed by atoms with Crippen LogP contribution in [0.1, 0.15) is 31.9 Å². The molecule has 1 unspecified atom stereocenters. The van der Waals surface area contributed by atoms with E-state index in [1.54, 1.807) is 20.8 Å². The van der Waals surface area contributed by atoms with Crippen molar-refractivity contribution in [3.63, 3.8) is 0 Å². The van der Waals surface area contributed by atoms with Gasteiger partial charge in [0.2, 0.25) is 0 Å². The molecule has 1 aromatic rings.